The number of benzene rings is 2. The summed E-state index contributed by atoms with van der Waals surface area (Å²) < 4.78 is 40.7. The van der Waals surface area contributed by atoms with Gasteiger partial charge < -0.3 is 0 Å². The smallest absolute Gasteiger partial charge is 0.263 e. The van der Waals surface area contributed by atoms with Gasteiger partial charge in [0.2, 0.25) is 0 Å². The Morgan fingerprint density at radius 1 is 1.20 bits per heavy atom. The average Bonchev–Trinajstić information content (AvgIpc) is 2.33. The third-order valence-electron chi connectivity index (χ3n) is 2.59. The first-order valence-corrected chi connectivity index (χ1v) is 8.19. The fourth-order valence-electron chi connectivity index (χ4n) is 1.61. The first-order chi connectivity index (χ1) is 9.29. The van der Waals surface area contributed by atoms with Gasteiger partial charge in [0.1, 0.15) is 10.7 Å². The lowest BCUT2D eigenvalue weighted by atomic mass is 10.2. The molecule has 0 fully saturated rings. The molecule has 0 unspecified atom stereocenters. The van der Waals surface area contributed by atoms with Crippen LogP contribution in [0.3, 0.4) is 0 Å². The van der Waals surface area contributed by atoms with E-state index in [0.29, 0.717) is 10.0 Å². The fourth-order valence-corrected chi connectivity index (χ4v) is 3.70. The van der Waals surface area contributed by atoms with E-state index in [4.69, 9.17) is 11.6 Å². The van der Waals surface area contributed by atoms with E-state index in [1.807, 2.05) is 0 Å². The SMILES string of the molecule is Cc1cc(NS(=O)(=O)c2ccc(Br)cc2Cl)ccc1F. The Hall–Kier alpha value is -1.11. The van der Waals surface area contributed by atoms with Crippen LogP contribution in [0.1, 0.15) is 5.56 Å². The maximum Gasteiger partial charge on any atom is 0.263 e. The van der Waals surface area contributed by atoms with E-state index in [0.717, 1.165) is 0 Å². The van der Waals surface area contributed by atoms with Crippen LogP contribution in [0.5, 0.6) is 0 Å². The van der Waals surface area contributed by atoms with Crippen LogP contribution in [-0.2, 0) is 10.0 Å². The van der Waals surface area contributed by atoms with Crippen LogP contribution in [0, 0.1) is 12.7 Å². The fraction of sp³-hybridized carbons (Fsp3) is 0.0769. The summed E-state index contributed by atoms with van der Waals surface area (Å²) in [5.41, 5.74) is 0.634. The minimum absolute atomic E-state index is 0.0376. The molecular weight excluding hydrogens is 369 g/mol. The molecule has 0 aromatic heterocycles. The molecule has 20 heavy (non-hydrogen) atoms. The summed E-state index contributed by atoms with van der Waals surface area (Å²) in [4.78, 5) is -0.0376. The van der Waals surface area contributed by atoms with E-state index in [-0.39, 0.29) is 15.6 Å². The van der Waals surface area contributed by atoms with Gasteiger partial charge in [0.15, 0.2) is 0 Å². The summed E-state index contributed by atoms with van der Waals surface area (Å²) in [7, 11) is -3.82. The zero-order valence-electron chi connectivity index (χ0n) is 10.3. The Bertz CT molecular complexity index is 765. The summed E-state index contributed by atoms with van der Waals surface area (Å²) in [5.74, 6) is -0.394. The van der Waals surface area contributed by atoms with Crippen molar-refractivity contribution in [1.29, 1.82) is 0 Å². The average molecular weight is 379 g/mol. The molecule has 0 spiro atoms. The Balaban J connectivity index is 2.38. The first-order valence-electron chi connectivity index (χ1n) is 5.53. The van der Waals surface area contributed by atoms with Gasteiger partial charge in [-0.3, -0.25) is 4.72 Å². The van der Waals surface area contributed by atoms with Gasteiger partial charge in [-0.2, -0.15) is 0 Å². The van der Waals surface area contributed by atoms with E-state index >= 15 is 0 Å². The highest BCUT2D eigenvalue weighted by molar-refractivity contribution is 9.10. The zero-order chi connectivity index (χ0) is 14.9. The molecule has 0 aliphatic heterocycles. The van der Waals surface area contributed by atoms with Crippen molar-refractivity contribution in [2.45, 2.75) is 11.8 Å². The number of sulfonamides is 1. The summed E-state index contributed by atoms with van der Waals surface area (Å²) in [6.07, 6.45) is 0. The Morgan fingerprint density at radius 2 is 1.90 bits per heavy atom. The summed E-state index contributed by atoms with van der Waals surface area (Å²) in [6.45, 7) is 1.56. The van der Waals surface area contributed by atoms with E-state index < -0.39 is 15.8 Å². The number of hydrogen-bond acceptors (Lipinski definition) is 2. The topological polar surface area (TPSA) is 46.2 Å². The van der Waals surface area contributed by atoms with Crippen molar-refractivity contribution in [2.24, 2.45) is 0 Å². The van der Waals surface area contributed by atoms with Gasteiger partial charge in [-0.1, -0.05) is 27.5 Å². The molecular formula is C13H10BrClFNO2S. The minimum Gasteiger partial charge on any atom is -0.280 e. The lowest BCUT2D eigenvalue weighted by molar-refractivity contribution is 0.601. The number of aryl methyl sites for hydroxylation is 1. The second-order valence-electron chi connectivity index (χ2n) is 4.14. The van der Waals surface area contributed by atoms with Crippen molar-refractivity contribution >= 4 is 43.2 Å². The van der Waals surface area contributed by atoms with Crippen molar-refractivity contribution in [1.82, 2.24) is 0 Å². The number of halogens is 3. The Labute approximate surface area is 130 Å². The first kappa shape index (κ1) is 15.3. The van der Waals surface area contributed by atoms with Crippen LogP contribution in [0.2, 0.25) is 5.02 Å². The number of anilines is 1. The van der Waals surface area contributed by atoms with E-state index in [1.54, 1.807) is 13.0 Å². The van der Waals surface area contributed by atoms with E-state index in [1.165, 1.54) is 30.3 Å². The molecule has 2 rings (SSSR count). The molecule has 0 bridgehead atoms. The summed E-state index contributed by atoms with van der Waals surface area (Å²) in [5, 5.41) is 0.103. The van der Waals surface area contributed by atoms with Crippen molar-refractivity contribution in [3.8, 4) is 0 Å². The highest BCUT2D eigenvalue weighted by Crippen LogP contribution is 2.27. The van der Waals surface area contributed by atoms with Crippen LogP contribution < -0.4 is 4.72 Å². The van der Waals surface area contributed by atoms with Gasteiger partial charge in [0.05, 0.1) is 5.02 Å². The van der Waals surface area contributed by atoms with Crippen LogP contribution in [0.4, 0.5) is 10.1 Å². The van der Waals surface area contributed by atoms with Crippen LogP contribution in [0.25, 0.3) is 0 Å². The van der Waals surface area contributed by atoms with Crippen molar-refractivity contribution in [3.63, 3.8) is 0 Å². The second kappa shape index (κ2) is 5.71. The largest absolute Gasteiger partial charge is 0.280 e. The predicted octanol–water partition coefficient (Wildman–Crippen LogP) is 4.35. The maximum absolute atomic E-state index is 13.2. The molecule has 3 nitrogen and oxygen atoms in total. The quantitative estimate of drug-likeness (QED) is 0.863. The van der Waals surface area contributed by atoms with Gasteiger partial charge in [-0.15, -0.1) is 0 Å². The van der Waals surface area contributed by atoms with Crippen LogP contribution in [-0.4, -0.2) is 8.42 Å². The molecule has 7 heteroatoms. The highest BCUT2D eigenvalue weighted by atomic mass is 79.9. The second-order valence-corrected chi connectivity index (χ2v) is 7.12. The van der Waals surface area contributed by atoms with E-state index in [2.05, 4.69) is 20.7 Å². The van der Waals surface area contributed by atoms with Crippen LogP contribution in [0.15, 0.2) is 45.8 Å². The Kier molecular flexibility index (Phi) is 4.36. The van der Waals surface area contributed by atoms with Gasteiger partial charge >= 0.3 is 0 Å². The van der Waals surface area contributed by atoms with Gasteiger partial charge in [-0.25, -0.2) is 12.8 Å². The molecule has 106 valence electrons. The van der Waals surface area contributed by atoms with Gasteiger partial charge in [0, 0.05) is 10.2 Å². The van der Waals surface area contributed by atoms with E-state index in [9.17, 15) is 12.8 Å². The molecule has 0 aliphatic rings. The van der Waals surface area contributed by atoms with Crippen molar-refractivity contribution in [3.05, 3.63) is 57.3 Å². The molecule has 0 aliphatic carbocycles. The molecule has 2 aromatic carbocycles. The Morgan fingerprint density at radius 3 is 2.50 bits per heavy atom. The standard InChI is InChI=1S/C13H10BrClFNO2S/c1-8-6-10(3-4-12(8)16)17-20(18,19)13-5-2-9(14)7-11(13)15/h2-7,17H,1H3. The lowest BCUT2D eigenvalue weighted by Gasteiger charge is -2.10. The summed E-state index contributed by atoms with van der Waals surface area (Å²) in [6, 6.07) is 8.44. The number of rotatable bonds is 3. The molecule has 0 atom stereocenters. The molecule has 0 heterocycles. The minimum atomic E-state index is -3.82. The van der Waals surface area contributed by atoms with Crippen molar-refractivity contribution < 1.29 is 12.8 Å². The molecule has 0 saturated carbocycles. The number of hydrogen-bond donors (Lipinski definition) is 1. The highest BCUT2D eigenvalue weighted by Gasteiger charge is 2.18. The molecule has 1 N–H and O–H groups in total. The third-order valence-corrected chi connectivity index (χ3v) is 4.95. The predicted molar refractivity (Wildman–Crippen MR) is 81.1 cm³/mol. The van der Waals surface area contributed by atoms with Gasteiger partial charge in [-0.05, 0) is 48.9 Å². The third kappa shape index (κ3) is 3.31. The zero-order valence-corrected chi connectivity index (χ0v) is 13.5. The molecule has 0 amide bonds. The molecule has 0 radical (unpaired) electrons. The van der Waals surface area contributed by atoms with Gasteiger partial charge in [0.25, 0.3) is 10.0 Å². The molecule has 0 saturated heterocycles. The lowest BCUT2D eigenvalue weighted by Crippen LogP contribution is -2.13. The monoisotopic (exact) mass is 377 g/mol. The number of nitrogens with one attached hydrogen (secondary N) is 1. The summed E-state index contributed by atoms with van der Waals surface area (Å²) >= 11 is 9.13. The maximum atomic E-state index is 13.2. The normalized spacial score (nSPS) is 11.4. The van der Waals surface area contributed by atoms with Crippen molar-refractivity contribution in [2.75, 3.05) is 4.72 Å². The van der Waals surface area contributed by atoms with Crippen LogP contribution >= 0.6 is 27.5 Å². The molecule has 2 aromatic rings.